The summed E-state index contributed by atoms with van der Waals surface area (Å²) in [6, 6.07) is 8.83. The van der Waals surface area contributed by atoms with Crippen molar-refractivity contribution in [1.82, 2.24) is 19.4 Å². The van der Waals surface area contributed by atoms with E-state index < -0.39 is 23.8 Å². The monoisotopic (exact) mass is 390 g/mol. The molecule has 2 heterocycles. The number of amides is 1. The topological polar surface area (TPSA) is 95.2 Å². The van der Waals surface area contributed by atoms with Gasteiger partial charge in [0.05, 0.1) is 5.39 Å². The Morgan fingerprint density at radius 1 is 1.14 bits per heavy atom. The molecule has 0 saturated carbocycles. The lowest BCUT2D eigenvalue weighted by Crippen LogP contribution is -2.37. The highest BCUT2D eigenvalue weighted by Crippen LogP contribution is 2.20. The molecule has 3 aromatic rings. The fraction of sp³-hybridized carbons (Fsp3) is 0.222. The molecule has 8 nitrogen and oxygen atoms in total. The Morgan fingerprint density at radius 2 is 1.86 bits per heavy atom. The zero-order valence-electron chi connectivity index (χ0n) is 15.0. The van der Waals surface area contributed by atoms with Gasteiger partial charge in [0.2, 0.25) is 0 Å². The first kappa shape index (κ1) is 19.2. The van der Waals surface area contributed by atoms with Gasteiger partial charge in [-0.25, -0.2) is 9.78 Å². The highest BCUT2D eigenvalue weighted by molar-refractivity contribution is 5.94. The maximum atomic E-state index is 12.5. The molecule has 1 amide bonds. The molecule has 0 spiro atoms. The number of alkyl halides is 2. The van der Waals surface area contributed by atoms with Crippen LogP contribution in [-0.4, -0.2) is 26.6 Å². The number of aromatic nitrogens is 3. The van der Waals surface area contributed by atoms with E-state index in [4.69, 9.17) is 0 Å². The predicted molar refractivity (Wildman–Crippen MR) is 96.5 cm³/mol. The lowest BCUT2D eigenvalue weighted by Gasteiger charge is -2.12. The summed E-state index contributed by atoms with van der Waals surface area (Å²) >= 11 is 0. The number of para-hydroxylation sites is 1. The van der Waals surface area contributed by atoms with Gasteiger partial charge >= 0.3 is 12.3 Å². The van der Waals surface area contributed by atoms with Gasteiger partial charge in [-0.2, -0.15) is 8.78 Å². The minimum absolute atomic E-state index is 0.0250. The van der Waals surface area contributed by atoms with Gasteiger partial charge < -0.3 is 10.1 Å². The molecule has 0 atom stereocenters. The molecule has 0 bridgehead atoms. The van der Waals surface area contributed by atoms with Crippen molar-refractivity contribution in [3.8, 4) is 5.75 Å². The van der Waals surface area contributed by atoms with Crippen molar-refractivity contribution >= 4 is 16.9 Å². The van der Waals surface area contributed by atoms with Gasteiger partial charge in [-0.3, -0.25) is 18.7 Å². The number of carbonyl (C=O) groups is 1. The molecule has 0 saturated heterocycles. The fourth-order valence-electron chi connectivity index (χ4n) is 2.71. The second-order valence-corrected chi connectivity index (χ2v) is 5.94. The molecule has 0 fully saturated rings. The minimum atomic E-state index is -2.98. The van der Waals surface area contributed by atoms with E-state index in [1.165, 1.54) is 42.9 Å². The molecule has 28 heavy (non-hydrogen) atoms. The van der Waals surface area contributed by atoms with Crippen LogP contribution in [0.1, 0.15) is 16.1 Å². The maximum absolute atomic E-state index is 12.5. The van der Waals surface area contributed by atoms with Crippen LogP contribution in [0.5, 0.6) is 5.75 Å². The van der Waals surface area contributed by atoms with Gasteiger partial charge in [-0.05, 0) is 18.2 Å². The maximum Gasteiger partial charge on any atom is 0.387 e. The first-order valence-electron chi connectivity index (χ1n) is 8.17. The SMILES string of the molecule is Cn1c(=O)c2ccc(C(=O)NCc3ccccc3OC(F)F)nc2n(C)c1=O. The summed E-state index contributed by atoms with van der Waals surface area (Å²) in [5.41, 5.74) is -0.681. The normalized spacial score (nSPS) is 11.0. The van der Waals surface area contributed by atoms with Crippen molar-refractivity contribution in [2.45, 2.75) is 13.2 Å². The van der Waals surface area contributed by atoms with Crippen LogP contribution in [0.25, 0.3) is 11.0 Å². The molecule has 0 aliphatic rings. The molecule has 0 unspecified atom stereocenters. The number of benzene rings is 1. The summed E-state index contributed by atoms with van der Waals surface area (Å²) in [5.74, 6) is -0.642. The number of halogens is 2. The van der Waals surface area contributed by atoms with E-state index in [-0.39, 0.29) is 29.0 Å². The second-order valence-electron chi connectivity index (χ2n) is 5.94. The van der Waals surface area contributed by atoms with E-state index >= 15 is 0 Å². The van der Waals surface area contributed by atoms with E-state index in [1.54, 1.807) is 12.1 Å². The number of hydrogen-bond donors (Lipinski definition) is 1. The summed E-state index contributed by atoms with van der Waals surface area (Å²) in [4.78, 5) is 40.7. The summed E-state index contributed by atoms with van der Waals surface area (Å²) in [6.45, 7) is -3.06. The van der Waals surface area contributed by atoms with Crippen LogP contribution in [0, 0.1) is 0 Å². The third-order valence-electron chi connectivity index (χ3n) is 4.16. The van der Waals surface area contributed by atoms with Crippen LogP contribution < -0.4 is 21.3 Å². The number of carbonyl (C=O) groups excluding carboxylic acids is 1. The molecule has 1 aromatic carbocycles. The molecular weight excluding hydrogens is 374 g/mol. The first-order valence-corrected chi connectivity index (χ1v) is 8.17. The molecule has 0 aliphatic carbocycles. The fourth-order valence-corrected chi connectivity index (χ4v) is 2.71. The van der Waals surface area contributed by atoms with E-state index in [2.05, 4.69) is 15.0 Å². The quantitative estimate of drug-likeness (QED) is 0.706. The van der Waals surface area contributed by atoms with Gasteiger partial charge in [0, 0.05) is 26.2 Å². The Morgan fingerprint density at radius 3 is 2.57 bits per heavy atom. The molecule has 0 aliphatic heterocycles. The Labute approximate surface area is 157 Å². The third kappa shape index (κ3) is 3.61. The summed E-state index contributed by atoms with van der Waals surface area (Å²) in [6.07, 6.45) is 0. The van der Waals surface area contributed by atoms with Crippen molar-refractivity contribution in [3.05, 3.63) is 68.5 Å². The average molecular weight is 390 g/mol. The van der Waals surface area contributed by atoms with Crippen LogP contribution in [0.15, 0.2) is 46.0 Å². The van der Waals surface area contributed by atoms with Crippen LogP contribution in [0.4, 0.5) is 8.78 Å². The van der Waals surface area contributed by atoms with Gasteiger partial charge in [-0.1, -0.05) is 18.2 Å². The number of hydrogen-bond acceptors (Lipinski definition) is 5. The molecule has 2 aromatic heterocycles. The number of pyridine rings is 1. The largest absolute Gasteiger partial charge is 0.434 e. The molecule has 1 N–H and O–H groups in total. The van der Waals surface area contributed by atoms with E-state index in [0.29, 0.717) is 5.56 Å². The third-order valence-corrected chi connectivity index (χ3v) is 4.16. The Kier molecular flexibility index (Phi) is 5.21. The highest BCUT2D eigenvalue weighted by atomic mass is 19.3. The van der Waals surface area contributed by atoms with E-state index in [1.807, 2.05) is 0 Å². The predicted octanol–water partition coefficient (Wildman–Crippen LogP) is 1.16. The lowest BCUT2D eigenvalue weighted by molar-refractivity contribution is -0.0504. The summed E-state index contributed by atoms with van der Waals surface area (Å²) in [7, 11) is 2.79. The smallest absolute Gasteiger partial charge is 0.387 e. The van der Waals surface area contributed by atoms with Gasteiger partial charge in [0.1, 0.15) is 17.1 Å². The molecule has 0 radical (unpaired) electrons. The van der Waals surface area contributed by atoms with Crippen molar-refractivity contribution < 1.29 is 18.3 Å². The molecule has 146 valence electrons. The number of ether oxygens (including phenoxy) is 1. The van der Waals surface area contributed by atoms with Gasteiger partial charge in [0.15, 0.2) is 0 Å². The van der Waals surface area contributed by atoms with E-state index in [0.717, 1.165) is 4.57 Å². The molecular formula is C18H16F2N4O4. The van der Waals surface area contributed by atoms with Crippen molar-refractivity contribution in [3.63, 3.8) is 0 Å². The zero-order valence-corrected chi connectivity index (χ0v) is 15.0. The van der Waals surface area contributed by atoms with Gasteiger partial charge in [0.25, 0.3) is 11.5 Å². The Balaban J connectivity index is 1.87. The Hall–Kier alpha value is -3.56. The number of rotatable bonds is 5. The minimum Gasteiger partial charge on any atom is -0.434 e. The van der Waals surface area contributed by atoms with Crippen LogP contribution in [-0.2, 0) is 20.6 Å². The highest BCUT2D eigenvalue weighted by Gasteiger charge is 2.15. The van der Waals surface area contributed by atoms with Crippen molar-refractivity contribution in [2.24, 2.45) is 14.1 Å². The summed E-state index contributed by atoms with van der Waals surface area (Å²) < 4.78 is 31.5. The number of nitrogens with one attached hydrogen (secondary N) is 1. The first-order chi connectivity index (χ1) is 13.3. The van der Waals surface area contributed by atoms with E-state index in [9.17, 15) is 23.2 Å². The summed E-state index contributed by atoms with van der Waals surface area (Å²) in [5, 5.41) is 2.75. The van der Waals surface area contributed by atoms with Crippen LogP contribution in [0.3, 0.4) is 0 Å². The lowest BCUT2D eigenvalue weighted by atomic mass is 10.2. The second kappa shape index (κ2) is 7.59. The van der Waals surface area contributed by atoms with Crippen LogP contribution in [0.2, 0.25) is 0 Å². The number of aryl methyl sites for hydroxylation is 1. The Bertz CT molecular complexity index is 1170. The zero-order chi connectivity index (χ0) is 20.4. The van der Waals surface area contributed by atoms with Gasteiger partial charge in [-0.15, -0.1) is 0 Å². The molecule has 10 heteroatoms. The standard InChI is InChI=1S/C18H16F2N4O4/c1-23-14-11(16(26)24(2)18(23)27)7-8-12(22-14)15(25)21-9-10-5-3-4-6-13(10)28-17(19)20/h3-8,17H,9H2,1-2H3,(H,21,25). The molecule has 3 rings (SSSR count). The van der Waals surface area contributed by atoms with Crippen molar-refractivity contribution in [1.29, 1.82) is 0 Å². The number of nitrogens with zero attached hydrogens (tertiary/aromatic N) is 3. The van der Waals surface area contributed by atoms with Crippen molar-refractivity contribution in [2.75, 3.05) is 0 Å². The number of fused-ring (bicyclic) bond motifs is 1. The average Bonchev–Trinajstić information content (AvgIpc) is 2.69. The van der Waals surface area contributed by atoms with Crippen LogP contribution >= 0.6 is 0 Å².